The summed E-state index contributed by atoms with van der Waals surface area (Å²) in [4.78, 5) is 13.6. The van der Waals surface area contributed by atoms with Gasteiger partial charge in [-0.25, -0.2) is 0 Å². The largest absolute Gasteiger partial charge is 0.497 e. The highest BCUT2D eigenvalue weighted by Crippen LogP contribution is 2.16. The lowest BCUT2D eigenvalue weighted by molar-refractivity contribution is -0.122. The fourth-order valence-corrected chi connectivity index (χ4v) is 1.62. The van der Waals surface area contributed by atoms with E-state index in [9.17, 15) is 9.90 Å². The number of carbonyl (C=O) groups excluding carboxylic acids is 1. The number of aliphatic hydroxyl groups excluding tert-OH is 1. The second kappa shape index (κ2) is 7.87. The summed E-state index contributed by atoms with van der Waals surface area (Å²) in [6, 6.07) is 7.46. The molecule has 0 fully saturated rings. The summed E-state index contributed by atoms with van der Waals surface area (Å²) < 4.78 is 5.06. The standard InChI is InChI=1S/C15H24N2O3/c1-11(2)17(3)10-15(19)16-9-14(18)12-5-7-13(20-4)8-6-12/h5-8,11,14,18H,9-10H2,1-4H3,(H,16,19). The van der Waals surface area contributed by atoms with Crippen LogP contribution in [0, 0.1) is 0 Å². The zero-order valence-electron chi connectivity index (χ0n) is 12.6. The van der Waals surface area contributed by atoms with Gasteiger partial charge in [0.15, 0.2) is 0 Å². The summed E-state index contributed by atoms with van der Waals surface area (Å²) in [7, 11) is 3.49. The summed E-state index contributed by atoms with van der Waals surface area (Å²) in [5.74, 6) is 0.650. The molecule has 2 N–H and O–H groups in total. The fraction of sp³-hybridized carbons (Fsp3) is 0.533. The number of ether oxygens (including phenoxy) is 1. The highest BCUT2D eigenvalue weighted by atomic mass is 16.5. The average molecular weight is 280 g/mol. The molecule has 0 saturated heterocycles. The zero-order valence-corrected chi connectivity index (χ0v) is 12.6. The van der Waals surface area contributed by atoms with Crippen LogP contribution in [0.1, 0.15) is 25.5 Å². The first-order valence-corrected chi connectivity index (χ1v) is 6.73. The van der Waals surface area contributed by atoms with Crippen LogP contribution in [0.5, 0.6) is 5.75 Å². The first-order chi connectivity index (χ1) is 9.43. The predicted molar refractivity (Wildman–Crippen MR) is 78.7 cm³/mol. The monoisotopic (exact) mass is 280 g/mol. The molecule has 1 atom stereocenters. The molecule has 0 radical (unpaired) electrons. The van der Waals surface area contributed by atoms with Crippen LogP contribution in [0.3, 0.4) is 0 Å². The number of benzene rings is 1. The Labute approximate surface area is 120 Å². The van der Waals surface area contributed by atoms with Crippen LogP contribution < -0.4 is 10.1 Å². The average Bonchev–Trinajstić information content (AvgIpc) is 2.44. The number of nitrogens with zero attached hydrogens (tertiary/aromatic N) is 1. The minimum absolute atomic E-state index is 0.0891. The smallest absolute Gasteiger partial charge is 0.234 e. The van der Waals surface area contributed by atoms with Gasteiger partial charge in [-0.15, -0.1) is 0 Å². The second-order valence-electron chi connectivity index (χ2n) is 5.10. The number of amides is 1. The van der Waals surface area contributed by atoms with E-state index in [2.05, 4.69) is 5.32 Å². The first kappa shape index (κ1) is 16.5. The summed E-state index contributed by atoms with van der Waals surface area (Å²) in [6.07, 6.45) is -0.714. The Kier molecular flexibility index (Phi) is 6.48. The molecule has 0 aliphatic rings. The summed E-state index contributed by atoms with van der Waals surface area (Å²) in [5.41, 5.74) is 0.753. The zero-order chi connectivity index (χ0) is 15.1. The van der Waals surface area contributed by atoms with E-state index >= 15 is 0 Å². The van der Waals surface area contributed by atoms with Gasteiger partial charge in [0.1, 0.15) is 5.75 Å². The molecule has 1 amide bonds. The van der Waals surface area contributed by atoms with Crippen LogP contribution in [0.15, 0.2) is 24.3 Å². The molecule has 1 rings (SSSR count). The van der Waals surface area contributed by atoms with E-state index in [1.54, 1.807) is 31.4 Å². The van der Waals surface area contributed by atoms with Crippen molar-refractivity contribution in [3.63, 3.8) is 0 Å². The van der Waals surface area contributed by atoms with E-state index in [4.69, 9.17) is 4.74 Å². The van der Waals surface area contributed by atoms with Crippen molar-refractivity contribution in [2.75, 3.05) is 27.2 Å². The first-order valence-electron chi connectivity index (χ1n) is 6.73. The number of nitrogens with one attached hydrogen (secondary N) is 1. The molecule has 5 heteroatoms. The van der Waals surface area contributed by atoms with Gasteiger partial charge in [-0.1, -0.05) is 12.1 Å². The van der Waals surface area contributed by atoms with Crippen molar-refractivity contribution in [3.8, 4) is 5.75 Å². The quantitative estimate of drug-likeness (QED) is 0.787. The number of likely N-dealkylation sites (N-methyl/N-ethyl adjacent to an activating group) is 1. The topological polar surface area (TPSA) is 61.8 Å². The molecule has 5 nitrogen and oxygen atoms in total. The minimum Gasteiger partial charge on any atom is -0.497 e. The van der Waals surface area contributed by atoms with Crippen LogP contribution >= 0.6 is 0 Å². The number of methoxy groups -OCH3 is 1. The van der Waals surface area contributed by atoms with Crippen molar-refractivity contribution in [2.45, 2.75) is 26.0 Å². The van der Waals surface area contributed by atoms with Gasteiger partial charge in [0.25, 0.3) is 0 Å². The fourth-order valence-electron chi connectivity index (χ4n) is 1.62. The molecule has 112 valence electrons. The van der Waals surface area contributed by atoms with Crippen LogP contribution in [0.2, 0.25) is 0 Å². The van der Waals surface area contributed by atoms with Gasteiger partial charge in [0.05, 0.1) is 19.8 Å². The van der Waals surface area contributed by atoms with Crippen molar-refractivity contribution < 1.29 is 14.6 Å². The van der Waals surface area contributed by atoms with Crippen molar-refractivity contribution in [2.24, 2.45) is 0 Å². The normalized spacial score (nSPS) is 12.6. The third kappa shape index (κ3) is 5.19. The molecule has 0 spiro atoms. The van der Waals surface area contributed by atoms with Gasteiger partial charge < -0.3 is 15.2 Å². The lowest BCUT2D eigenvalue weighted by Crippen LogP contribution is -2.39. The maximum Gasteiger partial charge on any atom is 0.234 e. The Hall–Kier alpha value is -1.59. The van der Waals surface area contributed by atoms with Gasteiger partial charge in [0, 0.05) is 12.6 Å². The predicted octanol–water partition coefficient (Wildman–Crippen LogP) is 1.18. The number of carbonyl (C=O) groups is 1. The SMILES string of the molecule is COc1ccc(C(O)CNC(=O)CN(C)C(C)C)cc1. The molecule has 0 aromatic heterocycles. The summed E-state index contributed by atoms with van der Waals surface area (Å²) in [6.45, 7) is 4.59. The Morgan fingerprint density at radius 3 is 2.45 bits per heavy atom. The van der Waals surface area contributed by atoms with Gasteiger partial charge in [-0.05, 0) is 38.6 Å². The van der Waals surface area contributed by atoms with Crippen molar-refractivity contribution in [3.05, 3.63) is 29.8 Å². The lowest BCUT2D eigenvalue weighted by atomic mass is 10.1. The molecule has 1 aromatic carbocycles. The number of hydrogen-bond acceptors (Lipinski definition) is 4. The third-order valence-electron chi connectivity index (χ3n) is 3.27. The Morgan fingerprint density at radius 1 is 1.35 bits per heavy atom. The maximum atomic E-state index is 11.7. The van der Waals surface area contributed by atoms with Crippen LogP contribution in [-0.2, 0) is 4.79 Å². The van der Waals surface area contributed by atoms with Crippen LogP contribution in [0.25, 0.3) is 0 Å². The Balaban J connectivity index is 2.42. The van der Waals surface area contributed by atoms with Gasteiger partial charge >= 0.3 is 0 Å². The molecule has 0 aliphatic carbocycles. The molecule has 0 bridgehead atoms. The maximum absolute atomic E-state index is 11.7. The van der Waals surface area contributed by atoms with Crippen molar-refractivity contribution in [1.82, 2.24) is 10.2 Å². The van der Waals surface area contributed by atoms with E-state index in [1.165, 1.54) is 0 Å². The van der Waals surface area contributed by atoms with Gasteiger partial charge in [-0.2, -0.15) is 0 Å². The molecule has 0 heterocycles. The van der Waals surface area contributed by atoms with Crippen molar-refractivity contribution in [1.29, 1.82) is 0 Å². The van der Waals surface area contributed by atoms with E-state index in [0.29, 0.717) is 12.6 Å². The lowest BCUT2D eigenvalue weighted by Gasteiger charge is -2.20. The molecule has 0 saturated carbocycles. The van der Waals surface area contributed by atoms with Crippen LogP contribution in [-0.4, -0.2) is 49.2 Å². The number of aliphatic hydroxyl groups is 1. The number of hydrogen-bond donors (Lipinski definition) is 2. The summed E-state index contributed by atoms with van der Waals surface area (Å²) in [5, 5.41) is 12.7. The van der Waals surface area contributed by atoms with E-state index < -0.39 is 6.10 Å². The van der Waals surface area contributed by atoms with Gasteiger partial charge in [0.2, 0.25) is 5.91 Å². The molecule has 20 heavy (non-hydrogen) atoms. The summed E-state index contributed by atoms with van der Waals surface area (Å²) >= 11 is 0. The molecule has 1 aromatic rings. The van der Waals surface area contributed by atoms with E-state index in [1.807, 2.05) is 25.8 Å². The molecular weight excluding hydrogens is 256 g/mol. The third-order valence-corrected chi connectivity index (χ3v) is 3.27. The molecular formula is C15H24N2O3. The highest BCUT2D eigenvalue weighted by molar-refractivity contribution is 5.78. The molecule has 0 aliphatic heterocycles. The Bertz CT molecular complexity index is 418. The minimum atomic E-state index is -0.714. The van der Waals surface area contributed by atoms with E-state index in [0.717, 1.165) is 11.3 Å². The van der Waals surface area contributed by atoms with E-state index in [-0.39, 0.29) is 12.5 Å². The second-order valence-corrected chi connectivity index (χ2v) is 5.10. The molecule has 1 unspecified atom stereocenters. The highest BCUT2D eigenvalue weighted by Gasteiger charge is 2.12. The van der Waals surface area contributed by atoms with Crippen LogP contribution in [0.4, 0.5) is 0 Å². The van der Waals surface area contributed by atoms with Gasteiger partial charge in [-0.3, -0.25) is 9.69 Å². The van der Waals surface area contributed by atoms with Crippen molar-refractivity contribution >= 4 is 5.91 Å². The number of rotatable bonds is 7. The Morgan fingerprint density at radius 2 is 1.95 bits per heavy atom.